The molecular weight excluding hydrogens is 332 g/mol. The van der Waals surface area contributed by atoms with Crippen molar-refractivity contribution < 1.29 is 4.92 Å². The number of rotatable bonds is 4. The van der Waals surface area contributed by atoms with E-state index in [4.69, 9.17) is 0 Å². The molecule has 2 heterocycles. The number of benzene rings is 1. The average molecular weight is 352 g/mol. The monoisotopic (exact) mass is 352 g/mol. The third-order valence-corrected chi connectivity index (χ3v) is 3.61. The Kier molecular flexibility index (Phi) is 4.41. The molecule has 0 bridgehead atoms. The van der Waals surface area contributed by atoms with Gasteiger partial charge in [0.15, 0.2) is 0 Å². The number of nitrogens with one attached hydrogen (secondary N) is 2. The minimum Gasteiger partial charge on any atom is -0.360 e. The van der Waals surface area contributed by atoms with Crippen LogP contribution >= 0.6 is 0 Å². The summed E-state index contributed by atoms with van der Waals surface area (Å²) >= 11 is 0. The Labute approximate surface area is 150 Å². The number of nitrogens with zero attached hydrogens (tertiary/aromatic N) is 4. The zero-order chi connectivity index (χ0) is 18.9. The molecule has 0 aliphatic rings. The van der Waals surface area contributed by atoms with Crippen LogP contribution in [0.1, 0.15) is 26.5 Å². The largest absolute Gasteiger partial charge is 0.360 e. The van der Waals surface area contributed by atoms with Gasteiger partial charge in [-0.1, -0.05) is 18.2 Å². The lowest BCUT2D eigenvalue weighted by atomic mass is 10.1. The lowest BCUT2D eigenvalue weighted by molar-refractivity contribution is -0.383. The van der Waals surface area contributed by atoms with Crippen molar-refractivity contribution >= 4 is 33.9 Å². The molecule has 2 aromatic heterocycles. The zero-order valence-electron chi connectivity index (χ0n) is 15.1. The molecule has 3 aromatic rings. The van der Waals surface area contributed by atoms with Gasteiger partial charge in [0.1, 0.15) is 6.33 Å². The Morgan fingerprint density at radius 3 is 2.50 bits per heavy atom. The van der Waals surface area contributed by atoms with E-state index < -0.39 is 4.92 Å². The Bertz CT molecular complexity index is 981. The molecule has 0 saturated carbocycles. The third-order valence-electron chi connectivity index (χ3n) is 3.61. The van der Waals surface area contributed by atoms with Crippen molar-refractivity contribution in [1.82, 2.24) is 15.0 Å². The fraction of sp³-hybridized carbons (Fsp3) is 0.278. The number of anilines is 3. The predicted octanol–water partition coefficient (Wildman–Crippen LogP) is 4.20. The Balaban J connectivity index is 2.10. The molecule has 0 aliphatic heterocycles. The number of nitro groups is 1. The maximum Gasteiger partial charge on any atom is 0.353 e. The number of pyridine rings is 1. The summed E-state index contributed by atoms with van der Waals surface area (Å²) in [5.74, 6) is 0.289. The standard InChI is InChI=1S/C18H20N6O2/c1-11-8-9-12-6-5-7-13(14(12)21-11)22-16-15(24(25)26)17(20-10-19-16)23-18(2,3)4/h5-10H,1-4H3,(H2,19,20,22,23). The number of aryl methyl sites for hydroxylation is 1. The number of aromatic nitrogens is 3. The van der Waals surface area contributed by atoms with Crippen LogP contribution in [0.2, 0.25) is 0 Å². The molecule has 3 rings (SSSR count). The third kappa shape index (κ3) is 3.69. The molecule has 2 N–H and O–H groups in total. The number of hydrogen-bond acceptors (Lipinski definition) is 7. The molecule has 8 heteroatoms. The minimum atomic E-state index is -0.486. The van der Waals surface area contributed by atoms with Crippen molar-refractivity contribution in [2.75, 3.05) is 10.6 Å². The lowest BCUT2D eigenvalue weighted by Crippen LogP contribution is -2.27. The van der Waals surface area contributed by atoms with E-state index in [-0.39, 0.29) is 22.9 Å². The van der Waals surface area contributed by atoms with Crippen molar-refractivity contribution in [1.29, 1.82) is 0 Å². The van der Waals surface area contributed by atoms with Gasteiger partial charge in [-0.25, -0.2) is 9.97 Å². The molecule has 0 unspecified atom stereocenters. The second-order valence-corrected chi connectivity index (χ2v) is 7.01. The van der Waals surface area contributed by atoms with E-state index in [0.717, 1.165) is 16.6 Å². The molecule has 0 atom stereocenters. The van der Waals surface area contributed by atoms with Crippen molar-refractivity contribution in [3.8, 4) is 0 Å². The highest BCUT2D eigenvalue weighted by Crippen LogP contribution is 2.34. The fourth-order valence-electron chi connectivity index (χ4n) is 2.56. The van der Waals surface area contributed by atoms with Gasteiger partial charge < -0.3 is 10.6 Å². The Hall–Kier alpha value is -3.29. The SMILES string of the molecule is Cc1ccc2cccc(Nc3ncnc(NC(C)(C)C)c3[N+](=O)[O-])c2n1. The number of para-hydroxylation sites is 1. The molecule has 0 spiro atoms. The lowest BCUT2D eigenvalue weighted by Gasteiger charge is -2.21. The molecule has 1 aromatic carbocycles. The number of hydrogen-bond donors (Lipinski definition) is 2. The highest BCUT2D eigenvalue weighted by molar-refractivity contribution is 5.93. The summed E-state index contributed by atoms with van der Waals surface area (Å²) in [5, 5.41) is 18.7. The van der Waals surface area contributed by atoms with E-state index >= 15 is 0 Å². The summed E-state index contributed by atoms with van der Waals surface area (Å²) in [6.07, 6.45) is 1.30. The molecule has 0 aliphatic carbocycles. The molecule has 134 valence electrons. The van der Waals surface area contributed by atoms with Gasteiger partial charge in [0, 0.05) is 16.6 Å². The topological polar surface area (TPSA) is 106 Å². The van der Waals surface area contributed by atoms with Crippen molar-refractivity contribution in [3.63, 3.8) is 0 Å². The van der Waals surface area contributed by atoms with Crippen LogP contribution in [0.3, 0.4) is 0 Å². The Morgan fingerprint density at radius 1 is 1.08 bits per heavy atom. The van der Waals surface area contributed by atoms with Crippen molar-refractivity contribution in [2.45, 2.75) is 33.2 Å². The summed E-state index contributed by atoms with van der Waals surface area (Å²) in [4.78, 5) is 23.8. The van der Waals surface area contributed by atoms with E-state index in [1.165, 1.54) is 6.33 Å². The smallest absolute Gasteiger partial charge is 0.353 e. The van der Waals surface area contributed by atoms with Gasteiger partial charge in [0.05, 0.1) is 16.1 Å². The predicted molar refractivity (Wildman–Crippen MR) is 102 cm³/mol. The Morgan fingerprint density at radius 2 is 1.81 bits per heavy atom. The first kappa shape index (κ1) is 17.5. The van der Waals surface area contributed by atoms with Crippen LogP contribution in [-0.2, 0) is 0 Å². The minimum absolute atomic E-state index is 0.118. The maximum atomic E-state index is 11.7. The number of fused-ring (bicyclic) bond motifs is 1. The fourth-order valence-corrected chi connectivity index (χ4v) is 2.56. The first-order valence-corrected chi connectivity index (χ1v) is 8.15. The van der Waals surface area contributed by atoms with Crippen LogP contribution in [-0.4, -0.2) is 25.4 Å². The van der Waals surface area contributed by atoms with Crippen molar-refractivity contribution in [3.05, 3.63) is 52.5 Å². The van der Waals surface area contributed by atoms with Crippen LogP contribution in [0.25, 0.3) is 10.9 Å². The summed E-state index contributed by atoms with van der Waals surface area (Å²) in [5.41, 5.74) is 1.65. The molecule has 0 fully saturated rings. The summed E-state index contributed by atoms with van der Waals surface area (Å²) in [6, 6.07) is 9.50. The second-order valence-electron chi connectivity index (χ2n) is 7.01. The molecular formula is C18H20N6O2. The average Bonchev–Trinajstić information content (AvgIpc) is 2.54. The van der Waals surface area contributed by atoms with E-state index in [0.29, 0.717) is 5.69 Å². The zero-order valence-corrected chi connectivity index (χ0v) is 15.1. The summed E-state index contributed by atoms with van der Waals surface area (Å²) < 4.78 is 0. The van der Waals surface area contributed by atoms with Gasteiger partial charge >= 0.3 is 5.69 Å². The van der Waals surface area contributed by atoms with E-state index in [1.54, 1.807) is 0 Å². The van der Waals surface area contributed by atoms with Crippen LogP contribution in [0.5, 0.6) is 0 Å². The van der Waals surface area contributed by atoms with Crippen molar-refractivity contribution in [2.24, 2.45) is 0 Å². The van der Waals surface area contributed by atoms with Gasteiger partial charge in [-0.05, 0) is 39.8 Å². The molecule has 8 nitrogen and oxygen atoms in total. The highest BCUT2D eigenvalue weighted by Gasteiger charge is 2.26. The van der Waals surface area contributed by atoms with Gasteiger partial charge in [0.25, 0.3) is 0 Å². The van der Waals surface area contributed by atoms with Crippen LogP contribution in [0.4, 0.5) is 23.0 Å². The highest BCUT2D eigenvalue weighted by atomic mass is 16.6. The first-order valence-electron chi connectivity index (χ1n) is 8.15. The molecule has 0 saturated heterocycles. The van der Waals surface area contributed by atoms with Gasteiger partial charge in [-0.15, -0.1) is 0 Å². The molecule has 0 amide bonds. The molecule has 26 heavy (non-hydrogen) atoms. The molecule has 0 radical (unpaired) electrons. The van der Waals surface area contributed by atoms with Crippen LogP contribution < -0.4 is 10.6 Å². The first-order chi connectivity index (χ1) is 12.2. The van der Waals surface area contributed by atoms with Crippen LogP contribution in [0.15, 0.2) is 36.7 Å². The van der Waals surface area contributed by atoms with E-state index in [1.807, 2.05) is 58.0 Å². The van der Waals surface area contributed by atoms with E-state index in [9.17, 15) is 10.1 Å². The second kappa shape index (κ2) is 6.55. The summed E-state index contributed by atoms with van der Waals surface area (Å²) in [7, 11) is 0. The quantitative estimate of drug-likeness (QED) is 0.535. The van der Waals surface area contributed by atoms with Crippen LogP contribution in [0, 0.1) is 17.0 Å². The summed E-state index contributed by atoms with van der Waals surface area (Å²) in [6.45, 7) is 7.62. The van der Waals surface area contributed by atoms with E-state index in [2.05, 4.69) is 25.6 Å². The van der Waals surface area contributed by atoms with Gasteiger partial charge in [0.2, 0.25) is 11.6 Å². The maximum absolute atomic E-state index is 11.7. The van der Waals surface area contributed by atoms with Gasteiger partial charge in [-0.3, -0.25) is 15.1 Å². The van der Waals surface area contributed by atoms with Gasteiger partial charge in [-0.2, -0.15) is 0 Å². The normalized spacial score (nSPS) is 11.4.